The standard InChI is InChI=1S/C17H32N2/c1-17(2)10-4-3-5-16(17)19(15-6-7-15)13-14-8-11-18-12-9-14/h14-16,18H,3-13H2,1-2H3. The quantitative estimate of drug-likeness (QED) is 0.837. The molecular weight excluding hydrogens is 232 g/mol. The van der Waals surface area contributed by atoms with Gasteiger partial charge >= 0.3 is 0 Å². The molecule has 110 valence electrons. The van der Waals surface area contributed by atoms with Crippen LogP contribution in [0.2, 0.25) is 0 Å². The molecule has 1 N–H and O–H groups in total. The topological polar surface area (TPSA) is 15.3 Å². The molecule has 0 bridgehead atoms. The summed E-state index contributed by atoms with van der Waals surface area (Å²) in [6.07, 6.45) is 11.5. The minimum atomic E-state index is 0.549. The Bertz CT molecular complexity index is 290. The van der Waals surface area contributed by atoms with Gasteiger partial charge in [0.15, 0.2) is 0 Å². The summed E-state index contributed by atoms with van der Waals surface area (Å²) in [5, 5.41) is 3.51. The van der Waals surface area contributed by atoms with Crippen molar-refractivity contribution in [2.24, 2.45) is 11.3 Å². The molecule has 0 aromatic rings. The van der Waals surface area contributed by atoms with E-state index in [1.165, 1.54) is 71.0 Å². The largest absolute Gasteiger partial charge is 0.317 e. The molecule has 0 aromatic carbocycles. The van der Waals surface area contributed by atoms with Crippen molar-refractivity contribution >= 4 is 0 Å². The van der Waals surface area contributed by atoms with E-state index in [4.69, 9.17) is 0 Å². The third-order valence-electron chi connectivity index (χ3n) is 5.79. The molecule has 2 aliphatic carbocycles. The molecule has 2 saturated carbocycles. The zero-order valence-electron chi connectivity index (χ0n) is 13.0. The summed E-state index contributed by atoms with van der Waals surface area (Å²) < 4.78 is 0. The van der Waals surface area contributed by atoms with Gasteiger partial charge in [-0.1, -0.05) is 26.7 Å². The number of nitrogens with one attached hydrogen (secondary N) is 1. The molecule has 1 unspecified atom stereocenters. The molecule has 3 rings (SSSR count). The summed E-state index contributed by atoms with van der Waals surface area (Å²) in [5.41, 5.74) is 0.549. The van der Waals surface area contributed by atoms with Crippen LogP contribution < -0.4 is 5.32 Å². The van der Waals surface area contributed by atoms with Crippen LogP contribution in [0.15, 0.2) is 0 Å². The van der Waals surface area contributed by atoms with E-state index in [-0.39, 0.29) is 0 Å². The molecule has 3 fully saturated rings. The van der Waals surface area contributed by atoms with Gasteiger partial charge in [-0.2, -0.15) is 0 Å². The van der Waals surface area contributed by atoms with Gasteiger partial charge in [0.25, 0.3) is 0 Å². The van der Waals surface area contributed by atoms with E-state index < -0.39 is 0 Å². The summed E-state index contributed by atoms with van der Waals surface area (Å²) >= 11 is 0. The fourth-order valence-electron chi connectivity index (χ4n) is 4.39. The van der Waals surface area contributed by atoms with E-state index >= 15 is 0 Å². The van der Waals surface area contributed by atoms with Crippen LogP contribution in [0.3, 0.4) is 0 Å². The molecule has 0 amide bonds. The highest BCUT2D eigenvalue weighted by Gasteiger charge is 2.42. The zero-order chi connectivity index (χ0) is 13.3. The van der Waals surface area contributed by atoms with Crippen molar-refractivity contribution in [3.8, 4) is 0 Å². The lowest BCUT2D eigenvalue weighted by Gasteiger charge is -2.47. The number of piperidine rings is 1. The van der Waals surface area contributed by atoms with E-state index in [9.17, 15) is 0 Å². The van der Waals surface area contributed by atoms with Gasteiger partial charge in [-0.05, 0) is 62.9 Å². The predicted octanol–water partition coefficient (Wildman–Crippen LogP) is 3.42. The van der Waals surface area contributed by atoms with Crippen LogP contribution in [-0.4, -0.2) is 36.6 Å². The first-order valence-electron chi connectivity index (χ1n) is 8.63. The fourth-order valence-corrected chi connectivity index (χ4v) is 4.39. The van der Waals surface area contributed by atoms with Crippen molar-refractivity contribution in [2.75, 3.05) is 19.6 Å². The van der Waals surface area contributed by atoms with Gasteiger partial charge in [0, 0.05) is 18.6 Å². The van der Waals surface area contributed by atoms with Gasteiger partial charge in [-0.15, -0.1) is 0 Å². The first-order valence-corrected chi connectivity index (χ1v) is 8.63. The van der Waals surface area contributed by atoms with Gasteiger partial charge in [-0.25, -0.2) is 0 Å². The van der Waals surface area contributed by atoms with E-state index in [1.807, 2.05) is 0 Å². The summed E-state index contributed by atoms with van der Waals surface area (Å²) in [7, 11) is 0. The molecule has 1 saturated heterocycles. The highest BCUT2D eigenvalue weighted by Crippen LogP contribution is 2.43. The van der Waals surface area contributed by atoms with E-state index in [2.05, 4.69) is 24.1 Å². The Morgan fingerprint density at radius 3 is 2.37 bits per heavy atom. The number of hydrogen-bond acceptors (Lipinski definition) is 2. The highest BCUT2D eigenvalue weighted by atomic mass is 15.2. The number of hydrogen-bond donors (Lipinski definition) is 1. The molecule has 2 nitrogen and oxygen atoms in total. The molecule has 0 radical (unpaired) electrons. The van der Waals surface area contributed by atoms with Crippen LogP contribution in [0, 0.1) is 11.3 Å². The van der Waals surface area contributed by atoms with Gasteiger partial charge in [0.05, 0.1) is 0 Å². The van der Waals surface area contributed by atoms with Crippen LogP contribution in [0.1, 0.15) is 65.2 Å². The van der Waals surface area contributed by atoms with E-state index in [0.717, 1.165) is 18.0 Å². The van der Waals surface area contributed by atoms with Crippen LogP contribution in [0.5, 0.6) is 0 Å². The predicted molar refractivity (Wildman–Crippen MR) is 81.4 cm³/mol. The maximum atomic E-state index is 3.51. The van der Waals surface area contributed by atoms with Crippen molar-refractivity contribution in [1.29, 1.82) is 0 Å². The molecule has 0 spiro atoms. The van der Waals surface area contributed by atoms with Crippen molar-refractivity contribution in [1.82, 2.24) is 10.2 Å². The average molecular weight is 264 g/mol. The minimum Gasteiger partial charge on any atom is -0.317 e. The smallest absolute Gasteiger partial charge is 0.0149 e. The lowest BCUT2D eigenvalue weighted by atomic mass is 9.72. The van der Waals surface area contributed by atoms with E-state index in [0.29, 0.717) is 5.41 Å². The second-order valence-electron chi connectivity index (χ2n) is 7.87. The van der Waals surface area contributed by atoms with Crippen LogP contribution in [-0.2, 0) is 0 Å². The van der Waals surface area contributed by atoms with Crippen LogP contribution in [0.4, 0.5) is 0 Å². The minimum absolute atomic E-state index is 0.549. The van der Waals surface area contributed by atoms with Crippen molar-refractivity contribution < 1.29 is 0 Å². The molecule has 2 heteroatoms. The maximum Gasteiger partial charge on any atom is 0.0149 e. The summed E-state index contributed by atoms with van der Waals surface area (Å²) in [5.74, 6) is 0.958. The average Bonchev–Trinajstić information content (AvgIpc) is 3.22. The molecule has 19 heavy (non-hydrogen) atoms. The summed E-state index contributed by atoms with van der Waals surface area (Å²) in [6.45, 7) is 8.93. The van der Waals surface area contributed by atoms with Crippen LogP contribution >= 0.6 is 0 Å². The second-order valence-corrected chi connectivity index (χ2v) is 7.87. The monoisotopic (exact) mass is 264 g/mol. The maximum absolute atomic E-state index is 3.51. The van der Waals surface area contributed by atoms with Crippen molar-refractivity contribution in [3.05, 3.63) is 0 Å². The first kappa shape index (κ1) is 13.9. The Kier molecular flexibility index (Phi) is 4.19. The third-order valence-corrected chi connectivity index (χ3v) is 5.79. The lowest BCUT2D eigenvalue weighted by molar-refractivity contribution is 0.0281. The highest BCUT2D eigenvalue weighted by molar-refractivity contribution is 4.97. The van der Waals surface area contributed by atoms with Gasteiger partial charge in [0.2, 0.25) is 0 Å². The number of rotatable bonds is 4. The van der Waals surface area contributed by atoms with Crippen molar-refractivity contribution in [2.45, 2.75) is 77.3 Å². The lowest BCUT2D eigenvalue weighted by Crippen LogP contribution is -2.50. The zero-order valence-corrected chi connectivity index (χ0v) is 13.0. The Morgan fingerprint density at radius 1 is 1.00 bits per heavy atom. The fraction of sp³-hybridized carbons (Fsp3) is 1.00. The Morgan fingerprint density at radius 2 is 1.74 bits per heavy atom. The molecule has 3 aliphatic rings. The SMILES string of the molecule is CC1(C)CCCCC1N(CC1CCNCC1)C1CC1. The normalized spacial score (nSPS) is 32.7. The molecule has 1 aliphatic heterocycles. The van der Waals surface area contributed by atoms with Crippen LogP contribution in [0.25, 0.3) is 0 Å². The van der Waals surface area contributed by atoms with Gasteiger partial charge < -0.3 is 5.32 Å². The Balaban J connectivity index is 1.65. The first-order chi connectivity index (χ1) is 9.17. The van der Waals surface area contributed by atoms with E-state index in [1.54, 1.807) is 0 Å². The number of nitrogens with zero attached hydrogens (tertiary/aromatic N) is 1. The second kappa shape index (κ2) is 5.73. The third kappa shape index (κ3) is 3.33. The molecular formula is C17H32N2. The molecule has 0 aromatic heterocycles. The van der Waals surface area contributed by atoms with Gasteiger partial charge in [-0.3, -0.25) is 4.90 Å². The summed E-state index contributed by atoms with van der Waals surface area (Å²) in [6, 6.07) is 1.81. The van der Waals surface area contributed by atoms with Crippen molar-refractivity contribution in [3.63, 3.8) is 0 Å². The Labute approximate surface area is 119 Å². The summed E-state index contributed by atoms with van der Waals surface area (Å²) in [4.78, 5) is 2.95. The molecule has 1 heterocycles. The Hall–Kier alpha value is -0.0800. The molecule has 1 atom stereocenters. The van der Waals surface area contributed by atoms with Gasteiger partial charge in [0.1, 0.15) is 0 Å².